The van der Waals surface area contributed by atoms with Gasteiger partial charge in [0.1, 0.15) is 17.8 Å². The van der Waals surface area contributed by atoms with Crippen LogP contribution in [0.3, 0.4) is 0 Å². The second-order valence-corrected chi connectivity index (χ2v) is 11.4. The Morgan fingerprint density at radius 3 is 2.41 bits per heavy atom. The molecule has 0 unspecified atom stereocenters. The zero-order chi connectivity index (χ0) is 27.0. The lowest BCUT2D eigenvalue weighted by Gasteiger charge is -2.25. The quantitative estimate of drug-likeness (QED) is 0.331. The fraction of sp³-hybridized carbons (Fsp3) is 0.481. The molecule has 2 atom stereocenters. The van der Waals surface area contributed by atoms with Crippen molar-refractivity contribution >= 4 is 21.9 Å². The maximum atomic E-state index is 13.2. The van der Waals surface area contributed by atoms with Gasteiger partial charge < -0.3 is 19.7 Å². The Labute approximate surface area is 219 Å². The van der Waals surface area contributed by atoms with Gasteiger partial charge in [-0.15, -0.1) is 0 Å². The van der Waals surface area contributed by atoms with E-state index in [9.17, 15) is 18.0 Å². The molecule has 202 valence electrons. The number of sulfonamides is 1. The summed E-state index contributed by atoms with van der Waals surface area (Å²) in [5, 5.41) is 2.73. The molecule has 0 spiro atoms. The Bertz CT molecular complexity index is 1150. The molecule has 1 N–H and O–H groups in total. The molecule has 1 aliphatic heterocycles. The molecule has 2 aromatic rings. The van der Waals surface area contributed by atoms with E-state index in [0.29, 0.717) is 19.4 Å². The van der Waals surface area contributed by atoms with Crippen LogP contribution in [-0.2, 0) is 30.8 Å². The van der Waals surface area contributed by atoms with Gasteiger partial charge in [-0.25, -0.2) is 13.2 Å². The second-order valence-electron chi connectivity index (χ2n) is 9.52. The van der Waals surface area contributed by atoms with Crippen LogP contribution in [0.4, 0.5) is 0 Å². The number of carbonyl (C=O) groups excluding carboxylic acids is 2. The number of carbonyl (C=O) groups is 2. The molecular formula is C27H37N3O6S. The van der Waals surface area contributed by atoms with Crippen LogP contribution in [0.5, 0.6) is 5.75 Å². The summed E-state index contributed by atoms with van der Waals surface area (Å²) in [5.41, 5.74) is 1.76. The number of ether oxygens (including phenoxy) is 2. The molecule has 1 saturated heterocycles. The number of methoxy groups -OCH3 is 1. The third kappa shape index (κ3) is 7.77. The van der Waals surface area contributed by atoms with E-state index in [1.165, 1.54) is 11.4 Å². The zero-order valence-electron chi connectivity index (χ0n) is 22.0. The first kappa shape index (κ1) is 28.6. The van der Waals surface area contributed by atoms with Crippen molar-refractivity contribution in [2.24, 2.45) is 0 Å². The van der Waals surface area contributed by atoms with E-state index >= 15 is 0 Å². The Morgan fingerprint density at radius 1 is 1.11 bits per heavy atom. The van der Waals surface area contributed by atoms with Crippen LogP contribution in [-0.4, -0.2) is 82.5 Å². The number of hydrogen-bond donors (Lipinski definition) is 1. The van der Waals surface area contributed by atoms with Gasteiger partial charge in [-0.1, -0.05) is 29.8 Å². The molecule has 0 aliphatic carbocycles. The van der Waals surface area contributed by atoms with Crippen LogP contribution in [0.2, 0.25) is 0 Å². The van der Waals surface area contributed by atoms with Gasteiger partial charge in [-0.3, -0.25) is 4.79 Å². The second kappa shape index (κ2) is 13.0. The number of aryl methyl sites for hydroxylation is 1. The SMILES string of the molecule is COC(=O)[C@H](Cc1ccc(OCCCN(C)C)cc1)NC(=O)[C@@H]1CCCN1S(=O)(=O)c1ccc(C)cc1. The van der Waals surface area contributed by atoms with Gasteiger partial charge >= 0.3 is 5.97 Å². The number of nitrogens with one attached hydrogen (secondary N) is 1. The van der Waals surface area contributed by atoms with E-state index in [0.717, 1.165) is 29.8 Å². The van der Waals surface area contributed by atoms with Crippen molar-refractivity contribution in [1.82, 2.24) is 14.5 Å². The number of esters is 1. The van der Waals surface area contributed by atoms with Gasteiger partial charge in [-0.2, -0.15) is 4.31 Å². The minimum Gasteiger partial charge on any atom is -0.494 e. The number of nitrogens with zero attached hydrogens (tertiary/aromatic N) is 2. The average Bonchev–Trinajstić information content (AvgIpc) is 3.38. The normalized spacial score (nSPS) is 16.9. The molecule has 1 amide bonds. The lowest BCUT2D eigenvalue weighted by Crippen LogP contribution is -2.51. The first-order valence-corrected chi connectivity index (χ1v) is 13.9. The molecule has 37 heavy (non-hydrogen) atoms. The summed E-state index contributed by atoms with van der Waals surface area (Å²) < 4.78 is 38.4. The van der Waals surface area contributed by atoms with Gasteiger partial charge in [0.2, 0.25) is 15.9 Å². The van der Waals surface area contributed by atoms with Gasteiger partial charge in [0.25, 0.3) is 0 Å². The molecule has 1 fully saturated rings. The Balaban J connectivity index is 1.66. The van der Waals surface area contributed by atoms with Crippen molar-refractivity contribution in [3.8, 4) is 5.75 Å². The van der Waals surface area contributed by atoms with E-state index in [2.05, 4.69) is 10.2 Å². The third-order valence-electron chi connectivity index (χ3n) is 6.32. The number of hydrogen-bond acceptors (Lipinski definition) is 7. The molecule has 9 nitrogen and oxygen atoms in total. The van der Waals surface area contributed by atoms with Crippen molar-refractivity contribution in [3.05, 3.63) is 59.7 Å². The van der Waals surface area contributed by atoms with Crippen molar-refractivity contribution in [1.29, 1.82) is 0 Å². The van der Waals surface area contributed by atoms with Crippen LogP contribution in [0.1, 0.15) is 30.4 Å². The molecular weight excluding hydrogens is 494 g/mol. The Morgan fingerprint density at radius 2 is 1.78 bits per heavy atom. The smallest absolute Gasteiger partial charge is 0.328 e. The monoisotopic (exact) mass is 531 g/mol. The maximum Gasteiger partial charge on any atom is 0.328 e. The van der Waals surface area contributed by atoms with Crippen molar-refractivity contribution in [2.45, 2.75) is 49.6 Å². The lowest BCUT2D eigenvalue weighted by atomic mass is 10.0. The molecule has 0 radical (unpaired) electrons. The summed E-state index contributed by atoms with van der Waals surface area (Å²) in [6.45, 7) is 3.65. The van der Waals surface area contributed by atoms with E-state index in [1.54, 1.807) is 24.3 Å². The summed E-state index contributed by atoms with van der Waals surface area (Å²) in [4.78, 5) is 27.9. The Kier molecular flexibility index (Phi) is 10.1. The highest BCUT2D eigenvalue weighted by molar-refractivity contribution is 7.89. The molecule has 10 heteroatoms. The maximum absolute atomic E-state index is 13.2. The average molecular weight is 532 g/mol. The molecule has 0 bridgehead atoms. The highest BCUT2D eigenvalue weighted by Gasteiger charge is 2.40. The van der Waals surface area contributed by atoms with Crippen molar-refractivity contribution < 1.29 is 27.5 Å². The number of benzene rings is 2. The fourth-order valence-electron chi connectivity index (χ4n) is 4.27. The van der Waals surface area contributed by atoms with Gasteiger partial charge in [0.05, 0.1) is 18.6 Å². The predicted molar refractivity (Wildman–Crippen MR) is 141 cm³/mol. The summed E-state index contributed by atoms with van der Waals surface area (Å²) in [6, 6.07) is 12.0. The number of amides is 1. The summed E-state index contributed by atoms with van der Waals surface area (Å²) >= 11 is 0. The van der Waals surface area contributed by atoms with Crippen molar-refractivity contribution in [2.75, 3.05) is 40.9 Å². The predicted octanol–water partition coefficient (Wildman–Crippen LogP) is 2.38. The lowest BCUT2D eigenvalue weighted by molar-refractivity contribution is -0.145. The van der Waals surface area contributed by atoms with E-state index in [-0.39, 0.29) is 17.9 Å². The van der Waals surface area contributed by atoms with Gasteiger partial charge in [0.15, 0.2) is 0 Å². The third-order valence-corrected chi connectivity index (χ3v) is 8.24. The van der Waals surface area contributed by atoms with Crippen LogP contribution < -0.4 is 10.1 Å². The fourth-order valence-corrected chi connectivity index (χ4v) is 5.92. The topological polar surface area (TPSA) is 105 Å². The zero-order valence-corrected chi connectivity index (χ0v) is 22.8. The molecule has 1 heterocycles. The van der Waals surface area contributed by atoms with E-state index < -0.39 is 34.0 Å². The highest BCUT2D eigenvalue weighted by Crippen LogP contribution is 2.27. The Hall–Kier alpha value is -2.95. The molecule has 0 saturated carbocycles. The largest absolute Gasteiger partial charge is 0.494 e. The van der Waals surface area contributed by atoms with Crippen LogP contribution in [0, 0.1) is 6.92 Å². The van der Waals surface area contributed by atoms with Crippen LogP contribution in [0.25, 0.3) is 0 Å². The minimum absolute atomic E-state index is 0.145. The summed E-state index contributed by atoms with van der Waals surface area (Å²) in [7, 11) is 1.43. The first-order valence-electron chi connectivity index (χ1n) is 12.4. The van der Waals surface area contributed by atoms with Gasteiger partial charge in [-0.05, 0) is 70.1 Å². The van der Waals surface area contributed by atoms with E-state index in [4.69, 9.17) is 9.47 Å². The molecule has 3 rings (SSSR count). The van der Waals surface area contributed by atoms with Crippen LogP contribution in [0.15, 0.2) is 53.4 Å². The van der Waals surface area contributed by atoms with E-state index in [1.807, 2.05) is 45.3 Å². The molecule has 2 aromatic carbocycles. The number of rotatable bonds is 12. The van der Waals surface area contributed by atoms with Crippen LogP contribution >= 0.6 is 0 Å². The molecule has 1 aliphatic rings. The van der Waals surface area contributed by atoms with Gasteiger partial charge in [0, 0.05) is 19.5 Å². The standard InChI is InChI=1S/C27H37N3O6S/c1-20-8-14-23(15-9-20)37(33,34)30-17-5-7-25(30)26(31)28-24(27(32)35-4)19-21-10-12-22(13-11-21)36-18-6-16-29(2)3/h8-15,24-25H,5-7,16-19H2,1-4H3,(H,28,31)/t24-,25-/m0/s1. The summed E-state index contributed by atoms with van der Waals surface area (Å²) in [6.07, 6.45) is 2.05. The first-order chi connectivity index (χ1) is 17.6. The molecule has 0 aromatic heterocycles. The minimum atomic E-state index is -3.85. The summed E-state index contributed by atoms with van der Waals surface area (Å²) in [5.74, 6) is -0.378. The highest BCUT2D eigenvalue weighted by atomic mass is 32.2. The van der Waals surface area contributed by atoms with Crippen molar-refractivity contribution in [3.63, 3.8) is 0 Å².